The maximum absolute atomic E-state index is 7.35. The Morgan fingerprint density at radius 2 is 1.37 bits per heavy atom. The molecule has 43 heavy (non-hydrogen) atoms. The summed E-state index contributed by atoms with van der Waals surface area (Å²) in [4.78, 5) is 5.73. The van der Waals surface area contributed by atoms with Crippen molar-refractivity contribution in [2.75, 3.05) is 0 Å². The van der Waals surface area contributed by atoms with E-state index in [1.165, 1.54) is 93.0 Å². The van der Waals surface area contributed by atoms with E-state index in [1.54, 1.807) is 4.88 Å². The fraction of sp³-hybridized carbons (Fsp3) is 0.500. The standard InChI is InChI=1S/C40H50OS2/c1-8-11-13-15-23-40(22-14-12-9-2)31-24-27(34-20-21-35(42-34)36-26-32-37(43-36)39(32,6)7)16-18-29(31)30-19-17-28(25-33(30)41-40)38(4,5)10-3/h16-21,24-26H,8-15,22-23H2,1-7H3. The van der Waals surface area contributed by atoms with Gasteiger partial charge in [-0.1, -0.05) is 105 Å². The molecule has 1 nitrogen and oxygen atoms in total. The number of benzene rings is 2. The summed E-state index contributed by atoms with van der Waals surface area (Å²) in [5, 5.41) is 0. The summed E-state index contributed by atoms with van der Waals surface area (Å²) in [7, 11) is 0. The SMILES string of the molecule is CCCCCCC1(CCCCC)Oc2cc(C(C)(C)CC)ccc2-c2ccc(-c3ccc(-c4cc5c(s4)C5(C)C)s3)cc21. The molecule has 0 amide bonds. The Morgan fingerprint density at radius 3 is 2.07 bits per heavy atom. The second-order valence-electron chi connectivity index (χ2n) is 14.2. The smallest absolute Gasteiger partial charge is 0.135 e. The van der Waals surface area contributed by atoms with Crippen LogP contribution in [0, 0.1) is 0 Å². The number of fused-ring (bicyclic) bond motifs is 4. The molecule has 2 aromatic heterocycles. The summed E-state index contributed by atoms with van der Waals surface area (Å²) in [6.07, 6.45) is 12.0. The van der Waals surface area contributed by atoms with Gasteiger partial charge in [0, 0.05) is 36.1 Å². The second kappa shape index (κ2) is 11.9. The third-order valence-electron chi connectivity index (χ3n) is 10.4. The van der Waals surface area contributed by atoms with Crippen LogP contribution in [0.15, 0.2) is 54.6 Å². The fourth-order valence-electron chi connectivity index (χ4n) is 6.93. The molecule has 6 rings (SSSR count). The highest BCUT2D eigenvalue weighted by Crippen LogP contribution is 2.57. The van der Waals surface area contributed by atoms with E-state index in [4.69, 9.17) is 4.74 Å². The van der Waals surface area contributed by atoms with E-state index in [1.807, 2.05) is 22.7 Å². The van der Waals surface area contributed by atoms with Crippen molar-refractivity contribution in [3.05, 3.63) is 76.2 Å². The summed E-state index contributed by atoms with van der Waals surface area (Å²) in [5.41, 5.74) is 8.45. The number of unbranched alkanes of at least 4 members (excludes halogenated alkanes) is 5. The monoisotopic (exact) mass is 610 g/mol. The lowest BCUT2D eigenvalue weighted by Gasteiger charge is -2.42. The molecule has 2 aromatic carbocycles. The van der Waals surface area contributed by atoms with E-state index in [-0.39, 0.29) is 11.0 Å². The van der Waals surface area contributed by atoms with Gasteiger partial charge in [0.25, 0.3) is 0 Å². The van der Waals surface area contributed by atoms with Crippen LogP contribution in [0.3, 0.4) is 0 Å². The largest absolute Gasteiger partial charge is 0.482 e. The molecule has 228 valence electrons. The Kier molecular flexibility index (Phi) is 8.46. The Balaban J connectivity index is 1.42. The van der Waals surface area contributed by atoms with Crippen molar-refractivity contribution in [3.63, 3.8) is 0 Å². The fourth-order valence-corrected chi connectivity index (χ4v) is 9.40. The predicted molar refractivity (Wildman–Crippen MR) is 189 cm³/mol. The Labute approximate surface area is 268 Å². The average molecular weight is 611 g/mol. The Morgan fingerprint density at radius 1 is 0.674 bits per heavy atom. The molecule has 1 unspecified atom stereocenters. The van der Waals surface area contributed by atoms with E-state index < -0.39 is 0 Å². The first-order valence-electron chi connectivity index (χ1n) is 16.9. The first-order valence-corrected chi connectivity index (χ1v) is 18.5. The Bertz CT molecular complexity index is 1570. The summed E-state index contributed by atoms with van der Waals surface area (Å²) < 4.78 is 7.35. The molecule has 1 aliphatic heterocycles. The van der Waals surface area contributed by atoms with Gasteiger partial charge in [-0.3, -0.25) is 0 Å². The van der Waals surface area contributed by atoms with Crippen LogP contribution in [-0.4, -0.2) is 0 Å². The minimum atomic E-state index is -0.277. The van der Waals surface area contributed by atoms with Gasteiger partial charge in [-0.05, 0) is 90.1 Å². The van der Waals surface area contributed by atoms with E-state index >= 15 is 0 Å². The lowest BCUT2D eigenvalue weighted by Crippen LogP contribution is -2.36. The zero-order chi connectivity index (χ0) is 30.4. The maximum Gasteiger partial charge on any atom is 0.135 e. The van der Waals surface area contributed by atoms with Crippen molar-refractivity contribution in [2.24, 2.45) is 0 Å². The number of ether oxygens (including phenoxy) is 1. The minimum absolute atomic E-state index is 0.131. The van der Waals surface area contributed by atoms with Gasteiger partial charge in [0.15, 0.2) is 0 Å². The molecule has 0 saturated heterocycles. The van der Waals surface area contributed by atoms with Gasteiger partial charge in [0.2, 0.25) is 0 Å². The summed E-state index contributed by atoms with van der Waals surface area (Å²) >= 11 is 3.92. The highest BCUT2D eigenvalue weighted by Gasteiger charge is 2.44. The molecule has 0 spiro atoms. The summed E-state index contributed by atoms with van der Waals surface area (Å²) in [6.45, 7) is 16.3. The summed E-state index contributed by atoms with van der Waals surface area (Å²) in [6, 6.07) is 21.4. The van der Waals surface area contributed by atoms with Crippen molar-refractivity contribution in [3.8, 4) is 37.1 Å². The first-order chi connectivity index (χ1) is 20.6. The van der Waals surface area contributed by atoms with Gasteiger partial charge in [0.05, 0.1) is 0 Å². The van der Waals surface area contributed by atoms with Gasteiger partial charge < -0.3 is 4.74 Å². The first kappa shape index (κ1) is 30.7. The van der Waals surface area contributed by atoms with Crippen LogP contribution >= 0.6 is 22.7 Å². The van der Waals surface area contributed by atoms with Crippen molar-refractivity contribution < 1.29 is 4.74 Å². The van der Waals surface area contributed by atoms with E-state index in [0.29, 0.717) is 5.41 Å². The number of hydrogen-bond donors (Lipinski definition) is 0. The molecule has 1 atom stereocenters. The molecule has 4 aromatic rings. The third-order valence-corrected chi connectivity index (χ3v) is 13.2. The van der Waals surface area contributed by atoms with Crippen LogP contribution in [0.2, 0.25) is 0 Å². The van der Waals surface area contributed by atoms with Crippen LogP contribution in [0.5, 0.6) is 5.75 Å². The lowest BCUT2D eigenvalue weighted by atomic mass is 9.75. The molecule has 1 aliphatic carbocycles. The van der Waals surface area contributed by atoms with Gasteiger partial charge in [0.1, 0.15) is 11.4 Å². The quantitative estimate of drug-likeness (QED) is 0.137. The molecule has 0 saturated carbocycles. The molecule has 0 radical (unpaired) electrons. The minimum Gasteiger partial charge on any atom is -0.482 e. The second-order valence-corrected chi connectivity index (χ2v) is 16.4. The topological polar surface area (TPSA) is 9.23 Å². The van der Waals surface area contributed by atoms with Crippen LogP contribution in [0.25, 0.3) is 31.3 Å². The highest BCUT2D eigenvalue weighted by atomic mass is 32.1. The zero-order valence-corrected chi connectivity index (χ0v) is 29.1. The number of thiophene rings is 2. The Hall–Kier alpha value is -2.36. The molecule has 0 fully saturated rings. The normalized spacial score (nSPS) is 18.1. The molecule has 0 N–H and O–H groups in total. The van der Waals surface area contributed by atoms with Gasteiger partial charge in [-0.15, -0.1) is 22.7 Å². The van der Waals surface area contributed by atoms with Crippen molar-refractivity contribution in [1.29, 1.82) is 0 Å². The molecular formula is C40H50OS2. The number of hydrogen-bond acceptors (Lipinski definition) is 3. The van der Waals surface area contributed by atoms with Crippen LogP contribution < -0.4 is 4.74 Å². The average Bonchev–Trinajstić information content (AvgIpc) is 3.46. The van der Waals surface area contributed by atoms with Gasteiger partial charge in [-0.25, -0.2) is 0 Å². The van der Waals surface area contributed by atoms with E-state index in [9.17, 15) is 0 Å². The number of rotatable bonds is 13. The lowest BCUT2D eigenvalue weighted by molar-refractivity contribution is 0.0386. The van der Waals surface area contributed by atoms with E-state index in [2.05, 4.69) is 103 Å². The van der Waals surface area contributed by atoms with Crippen molar-refractivity contribution >= 4 is 22.7 Å². The molecule has 2 aliphatic rings. The maximum atomic E-state index is 7.35. The van der Waals surface area contributed by atoms with E-state index in [0.717, 1.165) is 25.0 Å². The van der Waals surface area contributed by atoms with Gasteiger partial charge >= 0.3 is 0 Å². The van der Waals surface area contributed by atoms with Crippen LogP contribution in [0.4, 0.5) is 0 Å². The predicted octanol–water partition coefficient (Wildman–Crippen LogP) is 13.3. The molecule has 3 heteroatoms. The van der Waals surface area contributed by atoms with Crippen LogP contribution in [-0.2, 0) is 16.4 Å². The molecule has 0 bridgehead atoms. The van der Waals surface area contributed by atoms with Crippen molar-refractivity contribution in [1.82, 2.24) is 0 Å². The molecule has 3 heterocycles. The summed E-state index contributed by atoms with van der Waals surface area (Å²) in [5.74, 6) is 1.09. The van der Waals surface area contributed by atoms with Gasteiger partial charge in [-0.2, -0.15) is 0 Å². The molecular weight excluding hydrogens is 561 g/mol. The third kappa shape index (κ3) is 5.66. The van der Waals surface area contributed by atoms with Crippen molar-refractivity contribution in [2.45, 2.75) is 129 Å². The zero-order valence-electron chi connectivity index (χ0n) is 27.5. The van der Waals surface area contributed by atoms with Crippen LogP contribution in [0.1, 0.15) is 134 Å². The highest BCUT2D eigenvalue weighted by molar-refractivity contribution is 7.24.